The van der Waals surface area contributed by atoms with E-state index in [9.17, 15) is 9.59 Å². The van der Waals surface area contributed by atoms with E-state index >= 15 is 0 Å². The van der Waals surface area contributed by atoms with Gasteiger partial charge < -0.3 is 19.9 Å². The molecule has 0 unspecified atom stereocenters. The molecule has 2 amide bonds. The second-order valence-corrected chi connectivity index (χ2v) is 7.16. The van der Waals surface area contributed by atoms with Crippen molar-refractivity contribution in [3.8, 4) is 0 Å². The van der Waals surface area contributed by atoms with Gasteiger partial charge >= 0.3 is 0 Å². The zero-order chi connectivity index (χ0) is 20.5. The molecule has 29 heavy (non-hydrogen) atoms. The summed E-state index contributed by atoms with van der Waals surface area (Å²) in [5, 5.41) is 3.02. The van der Waals surface area contributed by atoms with Crippen LogP contribution in [-0.2, 0) is 20.7 Å². The quantitative estimate of drug-likeness (QED) is 0.747. The minimum absolute atomic E-state index is 0.0116. The molecular weight excluding hydrogens is 366 g/mol. The Kier molecular flexibility index (Phi) is 7.64. The van der Waals surface area contributed by atoms with Crippen molar-refractivity contribution in [1.29, 1.82) is 0 Å². The van der Waals surface area contributed by atoms with E-state index in [-0.39, 0.29) is 18.2 Å². The van der Waals surface area contributed by atoms with Crippen molar-refractivity contribution >= 4 is 23.2 Å². The van der Waals surface area contributed by atoms with Crippen LogP contribution in [0.3, 0.4) is 0 Å². The highest BCUT2D eigenvalue weighted by atomic mass is 16.5. The topological polar surface area (TPSA) is 61.9 Å². The van der Waals surface area contributed by atoms with Crippen LogP contribution in [0.1, 0.15) is 18.9 Å². The van der Waals surface area contributed by atoms with E-state index in [1.54, 1.807) is 11.8 Å². The van der Waals surface area contributed by atoms with Crippen LogP contribution in [0, 0.1) is 0 Å². The summed E-state index contributed by atoms with van der Waals surface area (Å²) in [5.41, 5.74) is 3.00. The van der Waals surface area contributed by atoms with Gasteiger partial charge in [-0.2, -0.15) is 0 Å². The van der Waals surface area contributed by atoms with Crippen LogP contribution in [0.15, 0.2) is 54.6 Å². The van der Waals surface area contributed by atoms with E-state index in [0.717, 1.165) is 30.9 Å². The normalized spacial score (nSPS) is 13.8. The van der Waals surface area contributed by atoms with E-state index < -0.39 is 0 Å². The van der Waals surface area contributed by atoms with E-state index in [1.807, 2.05) is 54.6 Å². The number of benzene rings is 2. The molecule has 6 heteroatoms. The molecule has 0 radical (unpaired) electrons. The highest BCUT2D eigenvalue weighted by molar-refractivity contribution is 5.94. The van der Waals surface area contributed by atoms with Crippen molar-refractivity contribution < 1.29 is 14.3 Å². The molecule has 1 fully saturated rings. The number of para-hydroxylation sites is 2. The van der Waals surface area contributed by atoms with Crippen LogP contribution in [0.25, 0.3) is 0 Å². The van der Waals surface area contributed by atoms with Crippen LogP contribution < -0.4 is 10.2 Å². The lowest BCUT2D eigenvalue weighted by Crippen LogP contribution is -2.37. The number of hydrogen-bond donors (Lipinski definition) is 1. The van der Waals surface area contributed by atoms with Gasteiger partial charge in [0.05, 0.1) is 24.6 Å². The van der Waals surface area contributed by atoms with Crippen molar-refractivity contribution in [2.24, 2.45) is 0 Å². The average molecular weight is 396 g/mol. The van der Waals surface area contributed by atoms with Crippen LogP contribution in [0.4, 0.5) is 11.4 Å². The summed E-state index contributed by atoms with van der Waals surface area (Å²) >= 11 is 0. The van der Waals surface area contributed by atoms with Crippen molar-refractivity contribution in [3.63, 3.8) is 0 Å². The highest BCUT2D eigenvalue weighted by Gasteiger charge is 2.16. The van der Waals surface area contributed by atoms with E-state index in [4.69, 9.17) is 4.74 Å². The Labute approximate surface area is 172 Å². The zero-order valence-electron chi connectivity index (χ0n) is 17.0. The molecule has 3 rings (SSSR count). The first-order chi connectivity index (χ1) is 14.1. The zero-order valence-corrected chi connectivity index (χ0v) is 17.0. The second-order valence-electron chi connectivity index (χ2n) is 7.16. The molecule has 1 saturated heterocycles. The number of ether oxygens (including phenoxy) is 1. The Bertz CT molecular complexity index is 804. The lowest BCUT2D eigenvalue weighted by molar-refractivity contribution is -0.129. The summed E-state index contributed by atoms with van der Waals surface area (Å²) in [6, 6.07) is 17.9. The van der Waals surface area contributed by atoms with Crippen LogP contribution in [0.5, 0.6) is 0 Å². The third-order valence-electron chi connectivity index (χ3n) is 5.10. The predicted octanol–water partition coefficient (Wildman–Crippen LogP) is 2.94. The Morgan fingerprint density at radius 2 is 1.69 bits per heavy atom. The summed E-state index contributed by atoms with van der Waals surface area (Å²) in [7, 11) is 0. The van der Waals surface area contributed by atoms with Gasteiger partial charge in [-0.15, -0.1) is 0 Å². The Morgan fingerprint density at radius 3 is 2.41 bits per heavy atom. The number of rotatable bonds is 8. The standard InChI is InChI=1S/C23H29N3O3/c1-19(27)25(13-11-20-7-3-2-4-8-20)14-12-23(28)24-21-9-5-6-10-22(21)26-15-17-29-18-16-26/h2-10H,11-18H2,1H3,(H,24,28). The lowest BCUT2D eigenvalue weighted by Gasteiger charge is -2.30. The predicted molar refractivity (Wildman–Crippen MR) is 115 cm³/mol. The fourth-order valence-corrected chi connectivity index (χ4v) is 3.44. The van der Waals surface area contributed by atoms with Gasteiger partial charge in [0.1, 0.15) is 0 Å². The monoisotopic (exact) mass is 395 g/mol. The van der Waals surface area contributed by atoms with Crippen LogP contribution >= 0.6 is 0 Å². The molecular formula is C23H29N3O3. The SMILES string of the molecule is CC(=O)N(CCC(=O)Nc1ccccc1N1CCOCC1)CCc1ccccc1. The maximum absolute atomic E-state index is 12.6. The number of carbonyl (C=O) groups excluding carboxylic acids is 2. The van der Waals surface area contributed by atoms with E-state index in [1.165, 1.54) is 5.56 Å². The van der Waals surface area contributed by atoms with Gasteiger partial charge in [-0.1, -0.05) is 42.5 Å². The summed E-state index contributed by atoms with van der Waals surface area (Å²) in [5.74, 6) is -0.0980. The fraction of sp³-hybridized carbons (Fsp3) is 0.391. The van der Waals surface area contributed by atoms with Gasteiger partial charge in [0.25, 0.3) is 0 Å². The summed E-state index contributed by atoms with van der Waals surface area (Å²) in [4.78, 5) is 28.5. The van der Waals surface area contributed by atoms with Gasteiger partial charge in [0.2, 0.25) is 11.8 Å². The fourth-order valence-electron chi connectivity index (χ4n) is 3.44. The molecule has 2 aromatic carbocycles. The molecule has 1 aliphatic heterocycles. The molecule has 0 saturated carbocycles. The summed E-state index contributed by atoms with van der Waals surface area (Å²) in [6.45, 7) is 5.57. The van der Waals surface area contributed by atoms with Crippen molar-refractivity contribution in [1.82, 2.24) is 4.90 Å². The number of nitrogens with one attached hydrogen (secondary N) is 1. The molecule has 2 aromatic rings. The third kappa shape index (κ3) is 6.32. The Balaban J connectivity index is 1.53. The minimum Gasteiger partial charge on any atom is -0.378 e. The van der Waals surface area contributed by atoms with Gasteiger partial charge in [0, 0.05) is 39.5 Å². The number of carbonyl (C=O) groups is 2. The Hall–Kier alpha value is -2.86. The summed E-state index contributed by atoms with van der Waals surface area (Å²) in [6.07, 6.45) is 1.05. The van der Waals surface area contributed by atoms with Crippen molar-refractivity contribution in [2.75, 3.05) is 49.6 Å². The van der Waals surface area contributed by atoms with Crippen LogP contribution in [0.2, 0.25) is 0 Å². The minimum atomic E-state index is -0.0864. The van der Waals surface area contributed by atoms with Gasteiger partial charge in [-0.25, -0.2) is 0 Å². The molecule has 1 aliphatic rings. The maximum Gasteiger partial charge on any atom is 0.226 e. The van der Waals surface area contributed by atoms with Gasteiger partial charge in [-0.05, 0) is 24.1 Å². The number of nitrogens with zero attached hydrogens (tertiary/aromatic N) is 2. The van der Waals surface area contributed by atoms with E-state index in [2.05, 4.69) is 10.2 Å². The first kappa shape index (κ1) is 20.9. The first-order valence-corrected chi connectivity index (χ1v) is 10.1. The molecule has 0 bridgehead atoms. The number of amides is 2. The smallest absolute Gasteiger partial charge is 0.226 e. The largest absolute Gasteiger partial charge is 0.378 e. The molecule has 6 nitrogen and oxygen atoms in total. The summed E-state index contributed by atoms with van der Waals surface area (Å²) < 4.78 is 5.42. The van der Waals surface area contributed by atoms with Gasteiger partial charge in [-0.3, -0.25) is 9.59 Å². The van der Waals surface area contributed by atoms with Crippen molar-refractivity contribution in [2.45, 2.75) is 19.8 Å². The third-order valence-corrected chi connectivity index (χ3v) is 5.10. The molecule has 0 aliphatic carbocycles. The van der Waals surface area contributed by atoms with Gasteiger partial charge in [0.15, 0.2) is 0 Å². The van der Waals surface area contributed by atoms with Crippen molar-refractivity contribution in [3.05, 3.63) is 60.2 Å². The molecule has 0 spiro atoms. The number of hydrogen-bond acceptors (Lipinski definition) is 4. The maximum atomic E-state index is 12.6. The Morgan fingerprint density at radius 1 is 1.00 bits per heavy atom. The molecule has 1 heterocycles. The molecule has 0 atom stereocenters. The highest BCUT2D eigenvalue weighted by Crippen LogP contribution is 2.26. The van der Waals surface area contributed by atoms with E-state index in [0.29, 0.717) is 26.3 Å². The lowest BCUT2D eigenvalue weighted by atomic mass is 10.1. The number of morpholine rings is 1. The molecule has 0 aromatic heterocycles. The van der Waals surface area contributed by atoms with Crippen LogP contribution in [-0.4, -0.2) is 56.1 Å². The average Bonchev–Trinajstić information content (AvgIpc) is 2.75. The molecule has 154 valence electrons. The number of anilines is 2. The first-order valence-electron chi connectivity index (χ1n) is 10.1. The second kappa shape index (κ2) is 10.6. The molecule has 1 N–H and O–H groups in total.